The highest BCUT2D eigenvalue weighted by molar-refractivity contribution is 5.76. The van der Waals surface area contributed by atoms with E-state index in [2.05, 4.69) is 55.6 Å². The molecule has 0 bridgehead atoms. The molecule has 3 saturated heterocycles. The fourth-order valence-corrected chi connectivity index (χ4v) is 13.2. The first-order valence-corrected chi connectivity index (χ1v) is 38.7. The molecule has 17 unspecified atom stereocenters. The van der Waals surface area contributed by atoms with Crippen LogP contribution in [-0.2, 0) is 33.2 Å². The van der Waals surface area contributed by atoms with Gasteiger partial charge in [-0.1, -0.05) is 288 Å². The Hall–Kier alpha value is -1.99. The molecule has 0 radical (unpaired) electrons. The number of aliphatic hydroxyl groups is 11. The molecule has 3 fully saturated rings. The van der Waals surface area contributed by atoms with Gasteiger partial charge in [-0.25, -0.2) is 0 Å². The van der Waals surface area contributed by atoms with Crippen molar-refractivity contribution in [3.63, 3.8) is 0 Å². The lowest BCUT2D eigenvalue weighted by molar-refractivity contribution is -0.379. The Balaban J connectivity index is 1.39. The Kier molecular flexibility index (Phi) is 52.9. The molecule has 0 aromatic rings. The number of hydrogen-bond donors (Lipinski definition) is 12. The van der Waals surface area contributed by atoms with Gasteiger partial charge < -0.3 is 89.9 Å². The molecule has 19 nitrogen and oxygen atoms in total. The van der Waals surface area contributed by atoms with Crippen molar-refractivity contribution in [2.75, 3.05) is 26.4 Å². The number of rotatable bonds is 61. The van der Waals surface area contributed by atoms with Crippen molar-refractivity contribution >= 4 is 5.91 Å². The third kappa shape index (κ3) is 38.6. The quantitative estimate of drug-likeness (QED) is 0.0199. The standard InChI is InChI=1S/C76H141NO18/c1-3-5-7-9-11-13-15-17-19-21-23-25-27-28-29-30-32-34-36-38-40-42-44-46-48-50-52-54-64(82)77-59(60(81)53-51-49-47-45-43-41-39-37-35-33-31-26-24-22-20-18-16-14-12-10-8-6-4-2)58-90-74-70(88)67(85)72(62(56-79)92-74)95-76-71(89)68(86)73(63(57-80)93-76)94-75-69(87)66(84)65(83)61(55-78)91-75/h15,17,21,23,27-28,59-63,65-76,78-81,83-89H,3-14,16,18-20,22,24-26,29-58H2,1-2H3,(H,77,82)/b17-15-,23-21-,28-27-. The summed E-state index contributed by atoms with van der Waals surface area (Å²) in [5.41, 5.74) is 0. The summed E-state index contributed by atoms with van der Waals surface area (Å²) < 4.78 is 34.5. The third-order valence-electron chi connectivity index (χ3n) is 19.5. The minimum Gasteiger partial charge on any atom is -0.394 e. The van der Waals surface area contributed by atoms with Crippen molar-refractivity contribution in [3.05, 3.63) is 36.5 Å². The monoisotopic (exact) mass is 1360 g/mol. The van der Waals surface area contributed by atoms with Crippen molar-refractivity contribution in [1.29, 1.82) is 0 Å². The van der Waals surface area contributed by atoms with Gasteiger partial charge in [0, 0.05) is 6.42 Å². The SMILES string of the molecule is CCCCCCC/C=C\C/C=C\C/C=C\CCCCCCCCCCCCCCC(=O)NC(COC1OC(CO)C(OC2OC(CO)C(OC3OC(CO)C(O)C(O)C3O)C(O)C2O)C(O)C1O)C(O)CCCCCCCCCCCCCCCCCCCCCCCCC. The molecule has 558 valence electrons. The highest BCUT2D eigenvalue weighted by Gasteiger charge is 2.54. The molecule has 3 aliphatic rings. The smallest absolute Gasteiger partial charge is 0.220 e. The number of nitrogens with one attached hydrogen (secondary N) is 1. The van der Waals surface area contributed by atoms with E-state index in [-0.39, 0.29) is 18.9 Å². The van der Waals surface area contributed by atoms with E-state index in [1.54, 1.807) is 0 Å². The molecule has 3 heterocycles. The van der Waals surface area contributed by atoms with Crippen molar-refractivity contribution < 1.29 is 89.4 Å². The van der Waals surface area contributed by atoms with Crippen LogP contribution in [0.15, 0.2) is 36.5 Å². The molecule has 95 heavy (non-hydrogen) atoms. The molecule has 0 aromatic carbocycles. The van der Waals surface area contributed by atoms with Gasteiger partial charge >= 0.3 is 0 Å². The Morgan fingerprint density at radius 1 is 0.379 bits per heavy atom. The Morgan fingerprint density at radius 2 is 0.695 bits per heavy atom. The van der Waals surface area contributed by atoms with Gasteiger partial charge in [0.25, 0.3) is 0 Å². The molecule has 17 atom stereocenters. The van der Waals surface area contributed by atoms with E-state index in [4.69, 9.17) is 28.4 Å². The van der Waals surface area contributed by atoms with Gasteiger partial charge in [0.1, 0.15) is 73.2 Å². The van der Waals surface area contributed by atoms with Gasteiger partial charge in [-0.2, -0.15) is 0 Å². The first-order valence-electron chi connectivity index (χ1n) is 38.7. The number of carbonyl (C=O) groups excluding carboxylic acids is 1. The summed E-state index contributed by atoms with van der Waals surface area (Å²) >= 11 is 0. The molecule has 1 amide bonds. The van der Waals surface area contributed by atoms with E-state index in [0.29, 0.717) is 12.8 Å². The second-order valence-electron chi connectivity index (χ2n) is 27.8. The zero-order valence-corrected chi connectivity index (χ0v) is 59.4. The summed E-state index contributed by atoms with van der Waals surface area (Å²) in [6.07, 6.45) is 42.2. The largest absolute Gasteiger partial charge is 0.394 e. The zero-order valence-electron chi connectivity index (χ0n) is 59.4. The molecule has 0 spiro atoms. The van der Waals surface area contributed by atoms with Gasteiger partial charge in [-0.05, 0) is 51.4 Å². The first kappa shape index (κ1) is 87.2. The van der Waals surface area contributed by atoms with Gasteiger partial charge in [0.2, 0.25) is 5.91 Å². The van der Waals surface area contributed by atoms with E-state index in [0.717, 1.165) is 64.2 Å². The van der Waals surface area contributed by atoms with Crippen LogP contribution < -0.4 is 5.32 Å². The number of amides is 1. The maximum Gasteiger partial charge on any atom is 0.220 e. The van der Waals surface area contributed by atoms with E-state index in [9.17, 15) is 61.0 Å². The lowest BCUT2D eigenvalue weighted by atomic mass is 9.96. The Morgan fingerprint density at radius 3 is 1.08 bits per heavy atom. The van der Waals surface area contributed by atoms with Crippen LogP contribution in [0.3, 0.4) is 0 Å². The molecule has 19 heteroatoms. The van der Waals surface area contributed by atoms with Gasteiger partial charge in [-0.3, -0.25) is 4.79 Å². The topological polar surface area (TPSA) is 307 Å². The number of hydrogen-bond acceptors (Lipinski definition) is 18. The first-order chi connectivity index (χ1) is 46.3. The summed E-state index contributed by atoms with van der Waals surface area (Å²) in [7, 11) is 0. The van der Waals surface area contributed by atoms with Crippen molar-refractivity contribution in [2.45, 2.75) is 413 Å². The van der Waals surface area contributed by atoms with Crippen LogP contribution in [0.5, 0.6) is 0 Å². The predicted octanol–water partition coefficient (Wildman–Crippen LogP) is 11.9. The minimum atomic E-state index is -1.97. The number of aliphatic hydroxyl groups excluding tert-OH is 11. The summed E-state index contributed by atoms with van der Waals surface area (Å²) in [6, 6.07) is -0.890. The lowest BCUT2D eigenvalue weighted by Crippen LogP contribution is -2.66. The van der Waals surface area contributed by atoms with Crippen molar-refractivity contribution in [2.24, 2.45) is 0 Å². The fraction of sp³-hybridized carbons (Fsp3) is 0.908. The van der Waals surface area contributed by atoms with Crippen LogP contribution in [-0.4, -0.2) is 193 Å². The second-order valence-corrected chi connectivity index (χ2v) is 27.8. The zero-order chi connectivity index (χ0) is 68.9. The van der Waals surface area contributed by atoms with E-state index in [1.807, 2.05) is 0 Å². The highest BCUT2D eigenvalue weighted by Crippen LogP contribution is 2.33. The molecule has 3 rings (SSSR count). The minimum absolute atomic E-state index is 0.241. The summed E-state index contributed by atoms with van der Waals surface area (Å²) in [6.45, 7) is 1.83. The van der Waals surface area contributed by atoms with Crippen LogP contribution in [0, 0.1) is 0 Å². The van der Waals surface area contributed by atoms with Crippen molar-refractivity contribution in [3.8, 4) is 0 Å². The molecule has 3 aliphatic heterocycles. The van der Waals surface area contributed by atoms with Crippen LogP contribution in [0.4, 0.5) is 0 Å². The normalized spacial score (nSPS) is 27.4. The maximum atomic E-state index is 13.5. The van der Waals surface area contributed by atoms with Crippen LogP contribution in [0.1, 0.15) is 309 Å². The van der Waals surface area contributed by atoms with Crippen LogP contribution in [0.25, 0.3) is 0 Å². The second kappa shape index (κ2) is 57.6. The Bertz CT molecular complexity index is 1860. The van der Waals surface area contributed by atoms with E-state index in [1.165, 1.54) is 212 Å². The predicted molar refractivity (Wildman–Crippen MR) is 374 cm³/mol. The highest BCUT2D eigenvalue weighted by atomic mass is 16.8. The van der Waals surface area contributed by atoms with Crippen LogP contribution in [0.2, 0.25) is 0 Å². The maximum absolute atomic E-state index is 13.5. The average molecular weight is 1360 g/mol. The molecular weight excluding hydrogens is 1210 g/mol. The molecule has 12 N–H and O–H groups in total. The Labute approximate surface area is 574 Å². The van der Waals surface area contributed by atoms with E-state index < -0.39 is 124 Å². The van der Waals surface area contributed by atoms with Gasteiger partial charge in [0.15, 0.2) is 18.9 Å². The summed E-state index contributed by atoms with van der Waals surface area (Å²) in [5, 5.41) is 121. The van der Waals surface area contributed by atoms with E-state index >= 15 is 0 Å². The third-order valence-corrected chi connectivity index (χ3v) is 19.5. The van der Waals surface area contributed by atoms with Gasteiger partial charge in [0.05, 0.1) is 38.6 Å². The summed E-state index contributed by atoms with van der Waals surface area (Å²) in [5.74, 6) is -0.241. The molecular formula is C76H141NO18. The lowest BCUT2D eigenvalue weighted by Gasteiger charge is -2.48. The van der Waals surface area contributed by atoms with Gasteiger partial charge in [-0.15, -0.1) is 0 Å². The van der Waals surface area contributed by atoms with Crippen molar-refractivity contribution in [1.82, 2.24) is 5.32 Å². The number of carbonyl (C=O) groups is 1. The summed E-state index contributed by atoms with van der Waals surface area (Å²) in [4.78, 5) is 13.5. The number of ether oxygens (including phenoxy) is 6. The number of allylic oxidation sites excluding steroid dienone is 6. The fourth-order valence-electron chi connectivity index (χ4n) is 13.2. The number of unbranched alkanes of at least 4 members (excludes halogenated alkanes) is 39. The average Bonchev–Trinajstić information content (AvgIpc) is 0.787. The molecule has 0 aromatic heterocycles. The molecule has 0 aliphatic carbocycles. The van der Waals surface area contributed by atoms with Crippen LogP contribution >= 0.6 is 0 Å². The molecule has 0 saturated carbocycles.